The van der Waals surface area contributed by atoms with E-state index in [1.807, 2.05) is 122 Å². The third-order valence-electron chi connectivity index (χ3n) is 24.3. The van der Waals surface area contributed by atoms with Crippen molar-refractivity contribution in [2.24, 2.45) is 17.8 Å². The van der Waals surface area contributed by atoms with E-state index < -0.39 is 16.1 Å². The zero-order valence-corrected chi connectivity index (χ0v) is 84.8. The predicted molar refractivity (Wildman–Crippen MR) is 561 cm³/mol. The van der Waals surface area contributed by atoms with Crippen molar-refractivity contribution in [1.82, 2.24) is 65.0 Å². The Balaban J connectivity index is 0.000000178. The third kappa shape index (κ3) is 37.9. The number of aromatic nitrogens is 10. The number of aliphatic carboxylic acids is 1. The van der Waals surface area contributed by atoms with E-state index in [1.165, 1.54) is 64.3 Å². The Morgan fingerprint density at radius 2 is 0.625 bits per heavy atom. The van der Waals surface area contributed by atoms with E-state index in [4.69, 9.17) is 36.5 Å². The van der Waals surface area contributed by atoms with Crippen LogP contribution in [0, 0.1) is 52.4 Å². The number of methoxy groups -OCH3 is 2. The maximum absolute atomic E-state index is 11.7. The standard InChI is InChI=1S/C26H29N3O2.C25H27N3O2.C20H20N2O3S.C19H18N2O.C11H9ClN2.C7H13NO2.C7H9NO.Li.H2O/c1-19-6-8-22(9-7-19)24-16-27-25(28-17-24)15-20-4-3-5-21(14-20)18-29-12-10-23(11-13-29)26(30)31-2;1-18-5-7-21(8-6-18)23-15-26-24(27-16-23)14-19-3-2-4-20(13-19)17-28-11-9-22(10-12-28)25(29)30;1-15-6-8-18(9-7-15)19-12-21-20(22-13-19)11-16-4-3-5-17(10-16)14-25-26(2,23)24;1-14-5-7-17(8-6-14)18-11-20-19(21-12-18)10-15-3-2-4-16(9-15)13-22;1-8-2-4-9(5-3-8)10-6-13-11(12)14-7-10;1-10-7(9)6-2-4-8-5-3-6;8-7-3-1-2-6(4-7)5-9;;/h3-9,14,16-17,23H,10-13,15,18H2,1-2H3;2-8,13,15-16,22H,9-12,14,17H2,1H3,(H,29,30);3-10,12-13H,11,14H2,1-2H3;2-9,11-12,22H,10,13H2,1H3;2-7H,1H3;6,8H,2-5H2,1H3;1-4,9H,5,8H2;;1H2/q;;;;;;;+1;/p-1. The summed E-state index contributed by atoms with van der Waals surface area (Å²) in [5, 5.41) is 30.4. The number of nitrogens with zero attached hydrogens (tertiary/aromatic N) is 12. The van der Waals surface area contributed by atoms with E-state index in [9.17, 15) is 27.9 Å². The van der Waals surface area contributed by atoms with Gasteiger partial charge in [0.25, 0.3) is 10.1 Å². The molecule has 3 aliphatic rings. The number of aryl methyl sites for hydroxylation is 5. The van der Waals surface area contributed by atoms with Gasteiger partial charge in [-0.1, -0.05) is 258 Å². The van der Waals surface area contributed by atoms with E-state index in [-0.39, 0.29) is 79.1 Å². The number of piperidine rings is 3. The smallest absolute Gasteiger partial charge is 0.870 e. The number of nitrogens with one attached hydrogen (secondary N) is 1. The number of esters is 2. The maximum atomic E-state index is 11.7. The summed E-state index contributed by atoms with van der Waals surface area (Å²) in [7, 11) is -0.532. The van der Waals surface area contributed by atoms with Crippen LogP contribution in [0.4, 0.5) is 5.69 Å². The summed E-state index contributed by atoms with van der Waals surface area (Å²) in [6, 6.07) is 81.4. The second-order valence-electron chi connectivity index (χ2n) is 35.6. The molecule has 144 heavy (non-hydrogen) atoms. The SMILES string of the molecule is COC(=O)C1CCN(Cc2cccc(Cc3ncc(-c4ccc(C)cc4)cn3)c2)CC1.COC(=O)C1CCNCC1.Cc1ccc(-c2cnc(Cc3cccc(CN4CCC(C(=O)O)CC4)c3)nc2)cc1.Cc1ccc(-c2cnc(Cc3cccc(CO)c3)nc2)cc1.Cc1ccc(-c2cnc(Cc3cccc(COS(C)(=O)=O)c3)nc2)cc1.Cc1ccc(-c2cnc(Cl)nc2)cc1.Nc1cccc(CO)c1.[Li+].[OH-]. The molecule has 0 aliphatic carbocycles. The first-order valence-corrected chi connectivity index (χ1v) is 49.7. The number of rotatable bonds is 25. The fraction of sp³-hybridized carbons (Fsp3) is 0.278. The number of hydrogen-bond acceptors (Lipinski definition) is 25. The normalized spacial score (nSPS) is 13.1. The maximum Gasteiger partial charge on any atom is 1.00 e. The number of nitrogens with two attached hydrogens (primary N) is 1. The Labute approximate surface area is 862 Å². The fourth-order valence-electron chi connectivity index (χ4n) is 16.1. The van der Waals surface area contributed by atoms with Gasteiger partial charge in [0, 0.05) is 134 Å². The summed E-state index contributed by atoms with van der Waals surface area (Å²) in [4.78, 5) is 82.5. The number of carboxylic acid groups (broad SMARTS) is 1. The second-order valence-corrected chi connectivity index (χ2v) is 37.6. The van der Waals surface area contributed by atoms with Crippen LogP contribution in [0.3, 0.4) is 0 Å². The van der Waals surface area contributed by atoms with Gasteiger partial charge in [0.2, 0.25) is 5.28 Å². The molecule has 0 saturated carbocycles. The average Bonchev–Trinajstić information content (AvgIpc) is 0.856. The number of carboxylic acids is 1. The van der Waals surface area contributed by atoms with Crippen LogP contribution in [-0.4, -0.2) is 167 Å². The number of halogens is 1. The molecule has 15 aromatic rings. The summed E-state index contributed by atoms with van der Waals surface area (Å²) >= 11 is 5.60. The van der Waals surface area contributed by atoms with Crippen LogP contribution in [0.5, 0.6) is 0 Å². The Bertz CT molecular complexity index is 6530. The minimum atomic E-state index is -3.45. The molecule has 0 atom stereocenters. The number of hydrogen-bond donors (Lipinski definition) is 5. The van der Waals surface area contributed by atoms with E-state index in [1.54, 1.807) is 24.5 Å². The minimum absolute atomic E-state index is 0. The Hall–Kier alpha value is -13.6. The van der Waals surface area contributed by atoms with Gasteiger partial charge in [0.1, 0.15) is 23.3 Å². The fourth-order valence-corrected chi connectivity index (χ4v) is 16.5. The van der Waals surface area contributed by atoms with Gasteiger partial charge in [-0.05, 0) is 214 Å². The van der Waals surface area contributed by atoms with Crippen LogP contribution in [0.1, 0.15) is 140 Å². The molecule has 3 fully saturated rings. The number of nitrogen functional groups attached to an aromatic ring is 1. The summed E-state index contributed by atoms with van der Waals surface area (Å²) in [5.74, 6) is 2.35. The average molecular weight is 1970 g/mol. The van der Waals surface area contributed by atoms with E-state index in [0.29, 0.717) is 37.2 Å². The number of anilines is 1. The van der Waals surface area contributed by atoms with Crippen LogP contribution in [0.25, 0.3) is 55.6 Å². The molecule has 3 aliphatic heterocycles. The molecule has 18 rings (SSSR count). The van der Waals surface area contributed by atoms with Crippen LogP contribution < -0.4 is 29.9 Å². The summed E-state index contributed by atoms with van der Waals surface area (Å²) in [5.41, 5.74) is 32.5. The molecule has 0 spiro atoms. The van der Waals surface area contributed by atoms with Gasteiger partial charge in [0.15, 0.2) is 0 Å². The Morgan fingerprint density at radius 3 is 0.910 bits per heavy atom. The number of benzene rings is 10. The first-order valence-electron chi connectivity index (χ1n) is 47.6. The van der Waals surface area contributed by atoms with Crippen LogP contribution in [0.15, 0.2) is 305 Å². The minimum Gasteiger partial charge on any atom is -0.870 e. The molecular weight excluding hydrogens is 1840 g/mol. The summed E-state index contributed by atoms with van der Waals surface area (Å²) < 4.78 is 36.6. The van der Waals surface area contributed by atoms with Crippen molar-refractivity contribution in [2.45, 2.75) is 132 Å². The first kappa shape index (κ1) is 112. The van der Waals surface area contributed by atoms with Gasteiger partial charge < -0.3 is 41.3 Å². The van der Waals surface area contributed by atoms with E-state index in [2.05, 4.69) is 262 Å². The van der Waals surface area contributed by atoms with Gasteiger partial charge >= 0.3 is 36.8 Å². The second kappa shape index (κ2) is 58.2. The molecule has 0 unspecified atom stereocenters. The molecule has 29 heteroatoms. The Morgan fingerprint density at radius 1 is 0.368 bits per heavy atom. The Kier molecular flexibility index (Phi) is 45.4. The van der Waals surface area contributed by atoms with Crippen molar-refractivity contribution in [2.75, 3.05) is 65.5 Å². The van der Waals surface area contributed by atoms with Crippen LogP contribution in [0.2, 0.25) is 5.28 Å². The molecular formula is C115H126ClLiN14O12S. The molecule has 5 aromatic heterocycles. The largest absolute Gasteiger partial charge is 1.00 e. The number of aliphatic hydroxyl groups excluding tert-OH is 2. The number of likely N-dealkylation sites (tertiary alicyclic amines) is 2. The topological polar surface area (TPSA) is 377 Å². The number of carbonyl (C=O) groups excluding carboxylic acids is 2. The molecule has 0 amide bonds. The van der Waals surface area contributed by atoms with Gasteiger partial charge in [-0.3, -0.25) is 28.4 Å². The van der Waals surface area contributed by atoms with Crippen molar-refractivity contribution in [1.29, 1.82) is 0 Å². The van der Waals surface area contributed by atoms with Crippen LogP contribution >= 0.6 is 11.6 Å². The zero-order valence-electron chi connectivity index (χ0n) is 83.2. The van der Waals surface area contributed by atoms with E-state index >= 15 is 0 Å². The number of ether oxygens (including phenoxy) is 2. The molecule has 10 aromatic carbocycles. The first-order chi connectivity index (χ1) is 68.7. The summed E-state index contributed by atoms with van der Waals surface area (Å²) in [6.07, 6.45) is 27.2. The van der Waals surface area contributed by atoms with Gasteiger partial charge in [0.05, 0.1) is 58.0 Å². The zero-order chi connectivity index (χ0) is 101. The van der Waals surface area contributed by atoms with Crippen molar-refractivity contribution in [3.8, 4) is 55.6 Å². The molecule has 26 nitrogen and oxygen atoms in total. The predicted octanol–water partition coefficient (Wildman–Crippen LogP) is 16.7. The molecule has 742 valence electrons. The molecule has 8 heterocycles. The number of carbonyl (C=O) groups is 3. The van der Waals surface area contributed by atoms with Gasteiger partial charge in [-0.15, -0.1) is 0 Å². The van der Waals surface area contributed by atoms with Crippen molar-refractivity contribution < 1.29 is 76.1 Å². The van der Waals surface area contributed by atoms with Gasteiger partial charge in [-0.25, -0.2) is 49.8 Å². The number of aliphatic hydroxyl groups is 2. The van der Waals surface area contributed by atoms with E-state index in [0.717, 1.165) is 198 Å². The molecule has 0 radical (unpaired) electrons. The van der Waals surface area contributed by atoms with Crippen molar-refractivity contribution in [3.05, 3.63) is 411 Å². The van der Waals surface area contributed by atoms with Crippen molar-refractivity contribution in [3.63, 3.8) is 0 Å². The molecule has 7 N–H and O–H groups in total. The molecule has 0 bridgehead atoms. The monoisotopic (exact) mass is 1970 g/mol. The quantitative estimate of drug-likeness (QED) is 0.0117. The van der Waals surface area contributed by atoms with Crippen molar-refractivity contribution >= 4 is 45.3 Å². The van der Waals surface area contributed by atoms with Crippen LogP contribution in [-0.2, 0) is 96.8 Å². The molecule has 3 saturated heterocycles. The van der Waals surface area contributed by atoms with Gasteiger partial charge in [-0.2, -0.15) is 8.42 Å². The third-order valence-corrected chi connectivity index (χ3v) is 25.0. The summed E-state index contributed by atoms with van der Waals surface area (Å²) in [6.45, 7) is 17.7.